The van der Waals surface area contributed by atoms with E-state index in [-0.39, 0.29) is 0 Å². The van der Waals surface area contributed by atoms with Gasteiger partial charge in [0.2, 0.25) is 0 Å². The summed E-state index contributed by atoms with van der Waals surface area (Å²) in [5.41, 5.74) is 3.97. The van der Waals surface area contributed by atoms with Crippen molar-refractivity contribution in [3.63, 3.8) is 0 Å². The predicted octanol–water partition coefficient (Wildman–Crippen LogP) is 2.86. The Morgan fingerprint density at radius 2 is 1.48 bits per heavy atom. The minimum Gasteiger partial charge on any atom is -0.493 e. The summed E-state index contributed by atoms with van der Waals surface area (Å²) in [6, 6.07) is 11.3. The van der Waals surface area contributed by atoms with E-state index in [2.05, 4.69) is 5.16 Å². The summed E-state index contributed by atoms with van der Waals surface area (Å²) >= 11 is 0. The summed E-state index contributed by atoms with van der Waals surface area (Å²) in [7, 11) is 0. The van der Waals surface area contributed by atoms with E-state index >= 15 is 0 Å². The molecule has 2 aliphatic rings. The van der Waals surface area contributed by atoms with Crippen LogP contribution in [0.3, 0.4) is 0 Å². The maximum atomic E-state index is 10.4. The van der Waals surface area contributed by atoms with Crippen LogP contribution >= 0.6 is 0 Å². The zero-order valence-electron chi connectivity index (χ0n) is 12.6. The Morgan fingerprint density at radius 3 is 2.04 bits per heavy atom. The lowest BCUT2D eigenvalue weighted by molar-refractivity contribution is 0.112. The van der Waals surface area contributed by atoms with Crippen LogP contribution in [0.1, 0.15) is 27.0 Å². The summed E-state index contributed by atoms with van der Waals surface area (Å²) < 4.78 is 10.6. The normalized spacial score (nSPS) is 14.3. The number of benzene rings is 2. The Morgan fingerprint density at radius 1 is 0.913 bits per heavy atom. The first-order valence-corrected chi connectivity index (χ1v) is 7.44. The molecule has 0 saturated carbocycles. The molecule has 0 atom stereocenters. The lowest BCUT2D eigenvalue weighted by atomic mass is 10.1. The highest BCUT2D eigenvalue weighted by atomic mass is 16.5. The van der Waals surface area contributed by atoms with Crippen molar-refractivity contribution < 1.29 is 19.5 Å². The molecule has 2 aromatic rings. The summed E-state index contributed by atoms with van der Waals surface area (Å²) in [6.07, 6.45) is 4.15. The summed E-state index contributed by atoms with van der Waals surface area (Å²) in [6.45, 7) is 1.51. The van der Waals surface area contributed by atoms with Crippen LogP contribution in [0, 0.1) is 0 Å². The Labute approximate surface area is 134 Å². The van der Waals surface area contributed by atoms with Crippen molar-refractivity contribution in [2.45, 2.75) is 12.8 Å². The highest BCUT2D eigenvalue weighted by Crippen LogP contribution is 2.25. The van der Waals surface area contributed by atoms with Crippen LogP contribution in [0.25, 0.3) is 0 Å². The molecule has 2 aromatic carbocycles. The van der Waals surface area contributed by atoms with Gasteiger partial charge in [-0.15, -0.1) is 0 Å². The maximum absolute atomic E-state index is 10.4. The van der Waals surface area contributed by atoms with E-state index in [0.29, 0.717) is 0 Å². The number of carbonyl (C=O) groups is 1. The minimum absolute atomic E-state index is 0.731. The molecule has 0 spiro atoms. The van der Waals surface area contributed by atoms with E-state index in [1.165, 1.54) is 11.8 Å². The predicted molar refractivity (Wildman–Crippen MR) is 86.1 cm³/mol. The van der Waals surface area contributed by atoms with Gasteiger partial charge in [-0.3, -0.25) is 4.79 Å². The molecule has 23 heavy (non-hydrogen) atoms. The maximum Gasteiger partial charge on any atom is 0.150 e. The second-order valence-electron chi connectivity index (χ2n) is 5.29. The fourth-order valence-electron chi connectivity index (χ4n) is 2.63. The van der Waals surface area contributed by atoms with Gasteiger partial charge in [0.05, 0.1) is 19.4 Å². The first-order chi connectivity index (χ1) is 11.3. The number of oxime groups is 1. The van der Waals surface area contributed by atoms with E-state index in [1.54, 1.807) is 6.07 Å². The molecule has 5 heteroatoms. The molecule has 0 aromatic heterocycles. The molecule has 118 valence electrons. The van der Waals surface area contributed by atoms with Crippen LogP contribution in [0.5, 0.6) is 11.5 Å². The molecular weight excluding hydrogens is 294 g/mol. The van der Waals surface area contributed by atoms with Crippen LogP contribution in [0.4, 0.5) is 0 Å². The van der Waals surface area contributed by atoms with Crippen LogP contribution in [-0.4, -0.2) is 30.9 Å². The van der Waals surface area contributed by atoms with Crippen molar-refractivity contribution in [3.05, 3.63) is 58.7 Å². The first-order valence-electron chi connectivity index (χ1n) is 7.44. The summed E-state index contributed by atoms with van der Waals surface area (Å²) in [5.74, 6) is 1.88. The zero-order chi connectivity index (χ0) is 16.1. The number of hydrogen-bond acceptors (Lipinski definition) is 5. The zero-order valence-corrected chi connectivity index (χ0v) is 12.6. The third-order valence-electron chi connectivity index (χ3n) is 3.77. The summed E-state index contributed by atoms with van der Waals surface area (Å²) in [4.78, 5) is 10.4. The second kappa shape index (κ2) is 6.96. The van der Waals surface area contributed by atoms with E-state index in [0.717, 1.165) is 60.5 Å². The number of aldehydes is 1. The van der Waals surface area contributed by atoms with Crippen LogP contribution in [0.2, 0.25) is 0 Å². The molecule has 2 aliphatic heterocycles. The molecular formula is C18H17NO4. The van der Waals surface area contributed by atoms with Crippen LogP contribution < -0.4 is 9.47 Å². The van der Waals surface area contributed by atoms with Crippen LogP contribution in [-0.2, 0) is 12.8 Å². The Hall–Kier alpha value is -2.82. The Kier molecular flexibility index (Phi) is 4.57. The van der Waals surface area contributed by atoms with Gasteiger partial charge in [-0.1, -0.05) is 5.16 Å². The molecule has 0 radical (unpaired) electrons. The highest BCUT2D eigenvalue weighted by molar-refractivity contribution is 5.79. The third-order valence-corrected chi connectivity index (χ3v) is 3.77. The number of nitrogens with zero attached hydrogens (tertiary/aromatic N) is 1. The van der Waals surface area contributed by atoms with Gasteiger partial charge >= 0.3 is 0 Å². The average Bonchev–Trinajstić information content (AvgIpc) is 3.23. The Bertz CT molecular complexity index is 740. The number of hydrogen-bond donors (Lipinski definition) is 1. The fraction of sp³-hybridized carbons (Fsp3) is 0.222. The topological polar surface area (TPSA) is 68.1 Å². The number of ether oxygens (including phenoxy) is 2. The monoisotopic (exact) mass is 311 g/mol. The van der Waals surface area contributed by atoms with Gasteiger partial charge in [-0.25, -0.2) is 0 Å². The van der Waals surface area contributed by atoms with Crippen molar-refractivity contribution in [3.8, 4) is 11.5 Å². The van der Waals surface area contributed by atoms with Gasteiger partial charge in [-0.2, -0.15) is 0 Å². The molecule has 0 unspecified atom stereocenters. The average molecular weight is 311 g/mol. The van der Waals surface area contributed by atoms with Gasteiger partial charge in [0.15, 0.2) is 0 Å². The molecule has 0 amide bonds. The van der Waals surface area contributed by atoms with E-state index < -0.39 is 0 Å². The van der Waals surface area contributed by atoms with Gasteiger partial charge in [0, 0.05) is 18.4 Å². The van der Waals surface area contributed by atoms with Gasteiger partial charge < -0.3 is 14.7 Å². The molecule has 5 nitrogen and oxygen atoms in total. The van der Waals surface area contributed by atoms with Crippen molar-refractivity contribution >= 4 is 12.5 Å². The van der Waals surface area contributed by atoms with E-state index in [4.69, 9.17) is 14.7 Å². The van der Waals surface area contributed by atoms with Gasteiger partial charge in [0.1, 0.15) is 17.8 Å². The smallest absolute Gasteiger partial charge is 0.150 e. The molecule has 4 rings (SSSR count). The van der Waals surface area contributed by atoms with Crippen LogP contribution in [0.15, 0.2) is 41.6 Å². The third kappa shape index (κ3) is 3.51. The van der Waals surface area contributed by atoms with E-state index in [9.17, 15) is 4.79 Å². The number of fused-ring (bicyclic) bond motifs is 2. The molecule has 0 aliphatic carbocycles. The largest absolute Gasteiger partial charge is 0.493 e. The molecule has 1 N–H and O–H groups in total. The molecule has 0 fully saturated rings. The van der Waals surface area contributed by atoms with Crippen molar-refractivity contribution in [2.75, 3.05) is 13.2 Å². The van der Waals surface area contributed by atoms with Crippen molar-refractivity contribution in [1.29, 1.82) is 0 Å². The lowest BCUT2D eigenvalue weighted by Crippen LogP contribution is -1.85. The standard InChI is InChI=1S/C9H9NO2.C9H8O2/c11-10-6-7-1-2-9-8(5-7)3-4-12-9;10-6-7-1-2-9-8(5-7)3-4-11-9/h1-2,5-6,11H,3-4H2;1-2,5-6H,3-4H2. The lowest BCUT2D eigenvalue weighted by Gasteiger charge is -1.97. The van der Waals surface area contributed by atoms with Crippen molar-refractivity contribution in [1.82, 2.24) is 0 Å². The second-order valence-corrected chi connectivity index (χ2v) is 5.29. The highest BCUT2D eigenvalue weighted by Gasteiger charge is 2.11. The number of carbonyl (C=O) groups excluding carboxylic acids is 1. The molecule has 0 saturated heterocycles. The number of rotatable bonds is 2. The summed E-state index contributed by atoms with van der Waals surface area (Å²) in [5, 5.41) is 11.3. The Balaban J connectivity index is 0.000000136. The SMILES string of the molecule is O=Cc1ccc2c(c1)CCO2.ON=Cc1ccc2c(c1)CCO2. The minimum atomic E-state index is 0.731. The van der Waals surface area contributed by atoms with Crippen molar-refractivity contribution in [2.24, 2.45) is 5.16 Å². The van der Waals surface area contributed by atoms with Gasteiger partial charge in [-0.05, 0) is 53.1 Å². The quantitative estimate of drug-likeness (QED) is 0.401. The molecule has 2 heterocycles. The molecule has 0 bridgehead atoms. The first kappa shape index (κ1) is 15.1. The van der Waals surface area contributed by atoms with Gasteiger partial charge in [0.25, 0.3) is 0 Å². The van der Waals surface area contributed by atoms with E-state index in [1.807, 2.05) is 30.3 Å². The fourth-order valence-corrected chi connectivity index (χ4v) is 2.63.